The average molecular weight is 416 g/mol. The van der Waals surface area contributed by atoms with Gasteiger partial charge in [0, 0.05) is 36.8 Å². The first-order valence-corrected chi connectivity index (χ1v) is 10.1. The molecule has 2 aromatic carbocycles. The number of nitrogens with one attached hydrogen (secondary N) is 2. The van der Waals surface area contributed by atoms with Crippen LogP contribution in [0.25, 0.3) is 0 Å². The van der Waals surface area contributed by atoms with Crippen LogP contribution in [0.2, 0.25) is 5.02 Å². The Morgan fingerprint density at radius 2 is 1.83 bits per heavy atom. The summed E-state index contributed by atoms with van der Waals surface area (Å²) in [6.45, 7) is 4.48. The third-order valence-electron chi connectivity index (χ3n) is 5.11. The van der Waals surface area contributed by atoms with E-state index in [9.17, 15) is 9.59 Å². The van der Waals surface area contributed by atoms with Crippen LogP contribution in [0.4, 0.5) is 5.69 Å². The van der Waals surface area contributed by atoms with Crippen molar-refractivity contribution in [3.63, 3.8) is 0 Å². The summed E-state index contributed by atoms with van der Waals surface area (Å²) in [5.74, 6) is -0.936. The Kier molecular flexibility index (Phi) is 7.12. The Morgan fingerprint density at radius 1 is 1.14 bits per heavy atom. The quantitative estimate of drug-likeness (QED) is 0.734. The molecule has 1 fully saturated rings. The molecule has 29 heavy (non-hydrogen) atoms. The van der Waals surface area contributed by atoms with Gasteiger partial charge in [0.15, 0.2) is 0 Å². The highest BCUT2D eigenvalue weighted by Crippen LogP contribution is 2.30. The van der Waals surface area contributed by atoms with E-state index in [-0.39, 0.29) is 6.04 Å². The molecule has 1 saturated heterocycles. The van der Waals surface area contributed by atoms with Crippen LogP contribution in [0.3, 0.4) is 0 Å². The van der Waals surface area contributed by atoms with Gasteiger partial charge in [-0.1, -0.05) is 41.9 Å². The van der Waals surface area contributed by atoms with E-state index in [1.807, 2.05) is 25.1 Å². The first-order chi connectivity index (χ1) is 14.0. The van der Waals surface area contributed by atoms with Crippen molar-refractivity contribution < 1.29 is 14.3 Å². The lowest BCUT2D eigenvalue weighted by atomic mass is 10.0. The zero-order valence-electron chi connectivity index (χ0n) is 16.7. The average Bonchev–Trinajstić information content (AvgIpc) is 2.72. The molecule has 2 aromatic rings. The van der Waals surface area contributed by atoms with E-state index in [1.165, 1.54) is 12.7 Å². The molecular weight excluding hydrogens is 390 g/mol. The van der Waals surface area contributed by atoms with Gasteiger partial charge in [-0.15, -0.1) is 0 Å². The van der Waals surface area contributed by atoms with Crippen molar-refractivity contribution in [2.45, 2.75) is 32.4 Å². The zero-order valence-corrected chi connectivity index (χ0v) is 17.5. The number of amides is 2. The Bertz CT molecular complexity index is 865. The summed E-state index contributed by atoms with van der Waals surface area (Å²) in [4.78, 5) is 27.0. The minimum atomic E-state index is -0.711. The fourth-order valence-electron chi connectivity index (χ4n) is 3.44. The second-order valence-electron chi connectivity index (χ2n) is 7.27. The van der Waals surface area contributed by atoms with Crippen LogP contribution >= 0.6 is 11.6 Å². The molecule has 7 heteroatoms. The molecule has 154 valence electrons. The summed E-state index contributed by atoms with van der Waals surface area (Å²) in [6, 6.07) is 13.6. The molecule has 2 N–H and O–H groups in total. The van der Waals surface area contributed by atoms with Crippen molar-refractivity contribution in [2.24, 2.45) is 0 Å². The zero-order chi connectivity index (χ0) is 20.8. The van der Waals surface area contributed by atoms with Crippen molar-refractivity contribution in [1.29, 1.82) is 0 Å². The van der Waals surface area contributed by atoms with E-state index in [0.29, 0.717) is 16.5 Å². The van der Waals surface area contributed by atoms with Crippen LogP contribution in [-0.4, -0.2) is 43.0 Å². The lowest BCUT2D eigenvalue weighted by Crippen LogP contribution is -2.47. The number of carbonyl (C=O) groups excluding carboxylic acids is 2. The first kappa shape index (κ1) is 21.1. The van der Waals surface area contributed by atoms with E-state index < -0.39 is 11.8 Å². The van der Waals surface area contributed by atoms with Crippen molar-refractivity contribution in [3.05, 3.63) is 58.6 Å². The molecule has 0 aromatic heterocycles. The minimum absolute atomic E-state index is 0.00544. The highest BCUT2D eigenvalue weighted by atomic mass is 35.5. The minimum Gasteiger partial charge on any atom is -0.495 e. The van der Waals surface area contributed by atoms with Crippen LogP contribution in [-0.2, 0) is 16.1 Å². The predicted octanol–water partition coefficient (Wildman–Crippen LogP) is 3.38. The Balaban J connectivity index is 1.49. The van der Waals surface area contributed by atoms with Gasteiger partial charge in [0.1, 0.15) is 5.75 Å². The third kappa shape index (κ3) is 5.71. The molecule has 3 rings (SSSR count). The second kappa shape index (κ2) is 9.76. The molecule has 1 heterocycles. The van der Waals surface area contributed by atoms with Crippen molar-refractivity contribution in [3.8, 4) is 5.75 Å². The molecule has 0 radical (unpaired) electrons. The van der Waals surface area contributed by atoms with Gasteiger partial charge in [0.2, 0.25) is 0 Å². The van der Waals surface area contributed by atoms with Gasteiger partial charge in [-0.2, -0.15) is 0 Å². The van der Waals surface area contributed by atoms with Gasteiger partial charge in [-0.25, -0.2) is 0 Å². The van der Waals surface area contributed by atoms with Crippen LogP contribution in [0.15, 0.2) is 42.5 Å². The number of halogens is 1. The van der Waals surface area contributed by atoms with E-state index in [1.54, 1.807) is 12.1 Å². The number of likely N-dealkylation sites (tertiary alicyclic amines) is 1. The Morgan fingerprint density at radius 3 is 2.48 bits per heavy atom. The number of carbonyl (C=O) groups is 2. The molecule has 0 unspecified atom stereocenters. The molecule has 0 bridgehead atoms. The summed E-state index contributed by atoms with van der Waals surface area (Å²) in [7, 11) is 1.49. The summed E-state index contributed by atoms with van der Waals surface area (Å²) >= 11 is 6.08. The molecule has 0 saturated carbocycles. The second-order valence-corrected chi connectivity index (χ2v) is 7.67. The van der Waals surface area contributed by atoms with Gasteiger partial charge >= 0.3 is 11.8 Å². The number of aryl methyl sites for hydroxylation is 1. The maximum absolute atomic E-state index is 12.3. The fraction of sp³-hybridized carbons (Fsp3) is 0.364. The lowest BCUT2D eigenvalue weighted by Gasteiger charge is -2.32. The maximum atomic E-state index is 12.3. The highest BCUT2D eigenvalue weighted by Gasteiger charge is 2.24. The summed E-state index contributed by atoms with van der Waals surface area (Å²) in [6.07, 6.45) is 1.63. The largest absolute Gasteiger partial charge is 0.495 e. The number of hydrogen-bond acceptors (Lipinski definition) is 4. The van der Waals surface area contributed by atoms with Gasteiger partial charge in [0.25, 0.3) is 0 Å². The summed E-state index contributed by atoms with van der Waals surface area (Å²) in [5, 5.41) is 5.99. The molecule has 1 aliphatic rings. The number of piperidine rings is 1. The molecule has 0 spiro atoms. The van der Waals surface area contributed by atoms with Crippen molar-refractivity contribution >= 4 is 29.1 Å². The van der Waals surface area contributed by atoms with Crippen molar-refractivity contribution in [1.82, 2.24) is 10.2 Å². The molecule has 6 nitrogen and oxygen atoms in total. The van der Waals surface area contributed by atoms with E-state index in [0.717, 1.165) is 38.0 Å². The molecule has 0 atom stereocenters. The van der Waals surface area contributed by atoms with Crippen LogP contribution in [0.1, 0.15) is 24.0 Å². The van der Waals surface area contributed by atoms with Crippen LogP contribution in [0, 0.1) is 6.92 Å². The van der Waals surface area contributed by atoms with Gasteiger partial charge in [0.05, 0.1) is 12.8 Å². The van der Waals surface area contributed by atoms with Gasteiger partial charge < -0.3 is 15.4 Å². The Labute approximate surface area is 176 Å². The van der Waals surface area contributed by atoms with E-state index >= 15 is 0 Å². The number of hydrogen-bond donors (Lipinski definition) is 2. The molecule has 0 aliphatic carbocycles. The first-order valence-electron chi connectivity index (χ1n) is 9.68. The standard InChI is InChI=1S/C22H26ClN3O3/c1-15-12-19(20(29-2)13-18(15)23)25-22(28)21(27)24-17-8-10-26(11-9-17)14-16-6-4-3-5-7-16/h3-7,12-13,17H,8-11,14H2,1-2H3,(H,24,27)(H,25,28). The number of benzene rings is 2. The third-order valence-corrected chi connectivity index (χ3v) is 5.51. The van der Waals surface area contributed by atoms with Crippen LogP contribution in [0.5, 0.6) is 5.75 Å². The van der Waals surface area contributed by atoms with Crippen molar-refractivity contribution in [2.75, 3.05) is 25.5 Å². The molecule has 2 amide bonds. The lowest BCUT2D eigenvalue weighted by molar-refractivity contribution is -0.136. The normalized spacial score (nSPS) is 15.0. The topological polar surface area (TPSA) is 70.7 Å². The number of methoxy groups -OCH3 is 1. The predicted molar refractivity (Wildman–Crippen MR) is 114 cm³/mol. The number of ether oxygens (including phenoxy) is 1. The SMILES string of the molecule is COc1cc(Cl)c(C)cc1NC(=O)C(=O)NC1CCN(Cc2ccccc2)CC1. The molecular formula is C22H26ClN3O3. The number of nitrogens with zero attached hydrogens (tertiary/aromatic N) is 1. The summed E-state index contributed by atoms with van der Waals surface area (Å²) in [5.41, 5.74) is 2.49. The number of anilines is 1. The van der Waals surface area contributed by atoms with Gasteiger partial charge in [-0.3, -0.25) is 14.5 Å². The highest BCUT2D eigenvalue weighted by molar-refractivity contribution is 6.40. The molecule has 1 aliphatic heterocycles. The summed E-state index contributed by atoms with van der Waals surface area (Å²) < 4.78 is 5.24. The number of rotatable bonds is 5. The smallest absolute Gasteiger partial charge is 0.313 e. The maximum Gasteiger partial charge on any atom is 0.313 e. The Hall–Kier alpha value is -2.57. The monoisotopic (exact) mass is 415 g/mol. The van der Waals surface area contributed by atoms with E-state index in [4.69, 9.17) is 16.3 Å². The fourth-order valence-corrected chi connectivity index (χ4v) is 3.59. The van der Waals surface area contributed by atoms with Crippen LogP contribution < -0.4 is 15.4 Å². The van der Waals surface area contributed by atoms with Gasteiger partial charge in [-0.05, 0) is 37.0 Å². The van der Waals surface area contributed by atoms with E-state index in [2.05, 4.69) is 27.7 Å².